The zero-order valence-corrected chi connectivity index (χ0v) is 17.0. The number of nitrogens with zero attached hydrogens (tertiary/aromatic N) is 5. The fourth-order valence-corrected chi connectivity index (χ4v) is 3.18. The van der Waals surface area contributed by atoms with E-state index in [2.05, 4.69) is 59.1 Å². The minimum absolute atomic E-state index is 0.197. The number of halogens is 1. The summed E-state index contributed by atoms with van der Waals surface area (Å²) in [4.78, 5) is 8.36. The lowest BCUT2D eigenvalue weighted by molar-refractivity contribution is 0.759. The lowest BCUT2D eigenvalue weighted by atomic mass is 10.1. The largest absolute Gasteiger partial charge is 0.386 e. The predicted molar refractivity (Wildman–Crippen MR) is 114 cm³/mol. The minimum Gasteiger partial charge on any atom is -0.386 e. The molecule has 6 nitrogen and oxygen atoms in total. The molecule has 0 aliphatic heterocycles. The number of fused-ring (bicyclic) bond motifs is 1. The van der Waals surface area contributed by atoms with Crippen LogP contribution in [-0.2, 0) is 0 Å². The first kappa shape index (κ1) is 19.2. The normalized spacial score (nSPS) is 12.0. The van der Waals surface area contributed by atoms with Crippen molar-refractivity contribution in [2.45, 2.75) is 27.7 Å². The molecule has 0 aliphatic rings. The fraction of sp³-hybridized carbons (Fsp3) is 0.350. The molecule has 0 amide bonds. The number of hydrogen-bond acceptors (Lipinski definition) is 4. The van der Waals surface area contributed by atoms with Gasteiger partial charge in [-0.05, 0) is 69.2 Å². The van der Waals surface area contributed by atoms with Crippen LogP contribution in [0.2, 0.25) is 0 Å². The zero-order chi connectivity index (χ0) is 19.6. The number of hydrogen-bond donors (Lipinski definition) is 1. The van der Waals surface area contributed by atoms with Crippen molar-refractivity contribution >= 4 is 39.8 Å². The Morgan fingerprint density at radius 3 is 2.33 bits per heavy atom. The van der Waals surface area contributed by atoms with Crippen LogP contribution in [0, 0.1) is 13.8 Å². The van der Waals surface area contributed by atoms with Gasteiger partial charge in [0.2, 0.25) is 0 Å². The number of amidine groups is 1. The van der Waals surface area contributed by atoms with Gasteiger partial charge in [0.05, 0.1) is 17.3 Å². The molecule has 2 aromatic carbocycles. The molecule has 0 atom stereocenters. The molecule has 0 saturated carbocycles. The Morgan fingerprint density at radius 1 is 1.07 bits per heavy atom. The Morgan fingerprint density at radius 2 is 1.74 bits per heavy atom. The van der Waals surface area contributed by atoms with Gasteiger partial charge < -0.3 is 10.6 Å². The summed E-state index contributed by atoms with van der Waals surface area (Å²) in [5.41, 5.74) is 12.4. The standard InChI is InChI=1S/C20H25ClN6/c1-5-26(6-2)15-7-8-19(14(4)9-15)27-24-17-10-13(3)16(11-18(17)25-27)23-20(22)12-21/h7-11H,5-6,12H2,1-4H3,(H2,22,23). The van der Waals surface area contributed by atoms with E-state index in [1.165, 1.54) is 5.69 Å². The van der Waals surface area contributed by atoms with E-state index in [4.69, 9.17) is 17.3 Å². The van der Waals surface area contributed by atoms with Crippen LogP contribution in [0.5, 0.6) is 0 Å². The fourth-order valence-electron chi connectivity index (χ4n) is 3.12. The highest BCUT2D eigenvalue weighted by Crippen LogP contribution is 2.26. The molecular formula is C20H25ClN6. The maximum Gasteiger partial charge on any atom is 0.115 e. The van der Waals surface area contributed by atoms with Crippen molar-refractivity contribution in [2.24, 2.45) is 10.7 Å². The highest BCUT2D eigenvalue weighted by atomic mass is 35.5. The average molecular weight is 385 g/mol. The number of alkyl halides is 1. The van der Waals surface area contributed by atoms with E-state index in [9.17, 15) is 0 Å². The summed E-state index contributed by atoms with van der Waals surface area (Å²) in [6, 6.07) is 10.2. The van der Waals surface area contributed by atoms with Gasteiger partial charge in [-0.25, -0.2) is 4.99 Å². The van der Waals surface area contributed by atoms with Crippen molar-refractivity contribution in [3.8, 4) is 5.69 Å². The van der Waals surface area contributed by atoms with Crippen LogP contribution in [-0.4, -0.2) is 39.8 Å². The predicted octanol–water partition coefficient (Wildman–Crippen LogP) is 4.11. The van der Waals surface area contributed by atoms with Gasteiger partial charge in [0, 0.05) is 18.8 Å². The molecular weight excluding hydrogens is 360 g/mol. The van der Waals surface area contributed by atoms with Gasteiger partial charge in [0.15, 0.2) is 0 Å². The van der Waals surface area contributed by atoms with Gasteiger partial charge in [0.1, 0.15) is 16.9 Å². The van der Waals surface area contributed by atoms with Crippen LogP contribution in [0.1, 0.15) is 25.0 Å². The van der Waals surface area contributed by atoms with Crippen molar-refractivity contribution < 1.29 is 0 Å². The van der Waals surface area contributed by atoms with Gasteiger partial charge in [-0.1, -0.05) is 0 Å². The van der Waals surface area contributed by atoms with E-state index in [1.807, 2.05) is 19.1 Å². The molecule has 0 spiro atoms. The van der Waals surface area contributed by atoms with Crippen LogP contribution < -0.4 is 10.6 Å². The second-order valence-corrected chi connectivity index (χ2v) is 6.76. The third kappa shape index (κ3) is 3.90. The van der Waals surface area contributed by atoms with Crippen LogP contribution >= 0.6 is 11.6 Å². The smallest absolute Gasteiger partial charge is 0.115 e. The number of benzene rings is 2. The number of aromatic nitrogens is 3. The van der Waals surface area contributed by atoms with Gasteiger partial charge in [0.25, 0.3) is 0 Å². The summed E-state index contributed by atoms with van der Waals surface area (Å²) < 4.78 is 0. The number of anilines is 1. The molecule has 1 aromatic heterocycles. The summed E-state index contributed by atoms with van der Waals surface area (Å²) in [7, 11) is 0. The van der Waals surface area contributed by atoms with E-state index in [0.29, 0.717) is 5.84 Å². The number of rotatable bonds is 6. The van der Waals surface area contributed by atoms with Crippen LogP contribution in [0.25, 0.3) is 16.7 Å². The molecule has 0 aliphatic carbocycles. The summed E-state index contributed by atoms with van der Waals surface area (Å²) in [5.74, 6) is 0.580. The number of aryl methyl sites for hydroxylation is 2. The maximum atomic E-state index is 5.77. The lowest BCUT2D eigenvalue weighted by Gasteiger charge is -2.22. The monoisotopic (exact) mass is 384 g/mol. The Balaban J connectivity index is 2.03. The molecule has 1 heterocycles. The topological polar surface area (TPSA) is 72.3 Å². The number of aliphatic imine (C=N–C) groups is 1. The Kier molecular flexibility index (Phi) is 5.65. The van der Waals surface area contributed by atoms with Crippen molar-refractivity contribution in [1.29, 1.82) is 0 Å². The second-order valence-electron chi connectivity index (χ2n) is 6.50. The van der Waals surface area contributed by atoms with Crippen molar-refractivity contribution in [3.63, 3.8) is 0 Å². The molecule has 0 saturated heterocycles. The Hall–Kier alpha value is -2.60. The first-order valence-electron chi connectivity index (χ1n) is 9.09. The zero-order valence-electron chi connectivity index (χ0n) is 16.2. The Bertz CT molecular complexity index is 988. The highest BCUT2D eigenvalue weighted by Gasteiger charge is 2.11. The maximum absolute atomic E-state index is 5.77. The molecule has 0 fully saturated rings. The van der Waals surface area contributed by atoms with E-state index in [1.54, 1.807) is 4.80 Å². The number of nitrogens with two attached hydrogens (primary N) is 1. The van der Waals surface area contributed by atoms with E-state index in [0.717, 1.165) is 46.6 Å². The molecule has 0 bridgehead atoms. The molecule has 142 valence electrons. The third-order valence-corrected chi connectivity index (χ3v) is 4.90. The summed E-state index contributed by atoms with van der Waals surface area (Å²) >= 11 is 5.74. The van der Waals surface area contributed by atoms with Crippen molar-refractivity contribution in [2.75, 3.05) is 23.9 Å². The van der Waals surface area contributed by atoms with Gasteiger partial charge in [-0.15, -0.1) is 21.8 Å². The van der Waals surface area contributed by atoms with Gasteiger partial charge in [-0.2, -0.15) is 4.80 Å². The average Bonchev–Trinajstić information content (AvgIpc) is 3.05. The molecule has 2 N–H and O–H groups in total. The lowest BCUT2D eigenvalue weighted by Crippen LogP contribution is -2.21. The molecule has 3 aromatic rings. The van der Waals surface area contributed by atoms with E-state index >= 15 is 0 Å². The summed E-state index contributed by atoms with van der Waals surface area (Å²) in [6.45, 7) is 10.3. The molecule has 27 heavy (non-hydrogen) atoms. The SMILES string of the molecule is CCN(CC)c1ccc(-n2nc3cc(C)c(N=C(N)CCl)cc3n2)c(C)c1. The summed E-state index contributed by atoms with van der Waals surface area (Å²) in [6.07, 6.45) is 0. The molecule has 0 radical (unpaired) electrons. The van der Waals surface area contributed by atoms with Crippen LogP contribution in [0.15, 0.2) is 35.3 Å². The molecule has 3 rings (SSSR count). The quantitative estimate of drug-likeness (QED) is 0.394. The second kappa shape index (κ2) is 7.96. The highest BCUT2D eigenvalue weighted by molar-refractivity contribution is 6.28. The van der Waals surface area contributed by atoms with Crippen LogP contribution in [0.3, 0.4) is 0 Å². The van der Waals surface area contributed by atoms with Crippen molar-refractivity contribution in [3.05, 3.63) is 41.5 Å². The summed E-state index contributed by atoms with van der Waals surface area (Å²) in [5, 5.41) is 9.29. The van der Waals surface area contributed by atoms with E-state index in [-0.39, 0.29) is 5.88 Å². The first-order chi connectivity index (χ1) is 13.0. The first-order valence-corrected chi connectivity index (χ1v) is 9.63. The molecule has 0 unspecified atom stereocenters. The van der Waals surface area contributed by atoms with E-state index < -0.39 is 0 Å². The third-order valence-electron chi connectivity index (χ3n) is 4.62. The molecule has 7 heteroatoms. The van der Waals surface area contributed by atoms with Gasteiger partial charge >= 0.3 is 0 Å². The van der Waals surface area contributed by atoms with Crippen LogP contribution in [0.4, 0.5) is 11.4 Å². The Labute approximate surface area is 164 Å². The van der Waals surface area contributed by atoms with Gasteiger partial charge in [-0.3, -0.25) is 0 Å². The minimum atomic E-state index is 0.197. The van der Waals surface area contributed by atoms with Crippen molar-refractivity contribution in [1.82, 2.24) is 15.0 Å².